The average Bonchev–Trinajstić information content (AvgIpc) is 3.02. The van der Waals surface area contributed by atoms with Crippen molar-refractivity contribution < 1.29 is 33.5 Å². The second-order valence-corrected chi connectivity index (χ2v) is 8.35. The fourth-order valence-electron chi connectivity index (χ4n) is 3.69. The molecule has 0 aliphatic carbocycles. The van der Waals surface area contributed by atoms with Gasteiger partial charge in [0, 0.05) is 6.42 Å². The van der Waals surface area contributed by atoms with E-state index in [1.165, 1.54) is 19.1 Å². The molecule has 3 rings (SSSR count). The summed E-state index contributed by atoms with van der Waals surface area (Å²) < 4.78 is 5.15. The molecule has 33 heavy (non-hydrogen) atoms. The molecule has 11 nitrogen and oxygen atoms in total. The number of piperidine rings is 1. The van der Waals surface area contributed by atoms with E-state index in [9.17, 15) is 28.8 Å². The van der Waals surface area contributed by atoms with Crippen molar-refractivity contribution in [3.8, 4) is 0 Å². The molecular formula is C22H26N4O7. The van der Waals surface area contributed by atoms with Crippen molar-refractivity contribution in [2.45, 2.75) is 51.7 Å². The lowest BCUT2D eigenvalue weighted by Gasteiger charge is -2.34. The van der Waals surface area contributed by atoms with Crippen LogP contribution in [0.1, 0.15) is 54.3 Å². The van der Waals surface area contributed by atoms with Gasteiger partial charge in [-0.25, -0.2) is 9.69 Å². The fourth-order valence-corrected chi connectivity index (χ4v) is 3.69. The van der Waals surface area contributed by atoms with Gasteiger partial charge in [-0.2, -0.15) is 0 Å². The number of hydrogen-bond donors (Lipinski definition) is 2. The topological polar surface area (TPSA) is 156 Å². The summed E-state index contributed by atoms with van der Waals surface area (Å²) in [7, 11) is 0. The van der Waals surface area contributed by atoms with Gasteiger partial charge in [-0.3, -0.25) is 28.9 Å². The Balaban J connectivity index is 1.71. The van der Waals surface area contributed by atoms with E-state index >= 15 is 0 Å². The molecule has 3 N–H and O–H groups in total. The van der Waals surface area contributed by atoms with E-state index in [2.05, 4.69) is 5.32 Å². The Labute approximate surface area is 190 Å². The lowest BCUT2D eigenvalue weighted by molar-refractivity contribution is -0.165. The normalized spacial score (nSPS) is 20.1. The van der Waals surface area contributed by atoms with Gasteiger partial charge >= 0.3 is 5.97 Å². The third kappa shape index (κ3) is 4.63. The van der Waals surface area contributed by atoms with Gasteiger partial charge in [0.05, 0.1) is 17.2 Å². The molecule has 0 aromatic heterocycles. The largest absolute Gasteiger partial charge is 0.442 e. The van der Waals surface area contributed by atoms with Gasteiger partial charge in [0.2, 0.25) is 11.8 Å². The van der Waals surface area contributed by atoms with E-state index < -0.39 is 60.4 Å². The maximum Gasteiger partial charge on any atom is 0.330 e. The van der Waals surface area contributed by atoms with Crippen LogP contribution in [0.2, 0.25) is 0 Å². The molecule has 2 aliphatic rings. The van der Waals surface area contributed by atoms with Crippen LogP contribution in [0, 0.1) is 5.92 Å². The van der Waals surface area contributed by atoms with Gasteiger partial charge in [0.1, 0.15) is 12.1 Å². The minimum absolute atomic E-state index is 0.0212. The van der Waals surface area contributed by atoms with Gasteiger partial charge in [0.25, 0.3) is 17.7 Å². The number of nitrogens with one attached hydrogen (secondary N) is 1. The van der Waals surface area contributed by atoms with E-state index in [1.54, 1.807) is 26.0 Å². The van der Waals surface area contributed by atoms with Crippen molar-refractivity contribution in [1.29, 1.82) is 0 Å². The maximum absolute atomic E-state index is 13.0. The van der Waals surface area contributed by atoms with Gasteiger partial charge in [0.15, 0.2) is 6.73 Å². The molecule has 11 heteroatoms. The van der Waals surface area contributed by atoms with Crippen LogP contribution in [0.4, 0.5) is 0 Å². The summed E-state index contributed by atoms with van der Waals surface area (Å²) >= 11 is 0. The summed E-state index contributed by atoms with van der Waals surface area (Å²) in [6, 6.07) is 3.15. The second kappa shape index (κ2) is 9.49. The summed E-state index contributed by atoms with van der Waals surface area (Å²) in [6.45, 7) is 4.13. The first-order valence-corrected chi connectivity index (χ1v) is 10.6. The molecular weight excluding hydrogens is 432 g/mol. The Morgan fingerprint density at radius 3 is 2.18 bits per heavy atom. The van der Waals surface area contributed by atoms with Crippen LogP contribution in [-0.2, 0) is 23.9 Å². The summed E-state index contributed by atoms with van der Waals surface area (Å²) in [5, 5.41) is 2.48. The smallest absolute Gasteiger partial charge is 0.330 e. The first-order valence-electron chi connectivity index (χ1n) is 10.6. The van der Waals surface area contributed by atoms with Crippen molar-refractivity contribution in [2.24, 2.45) is 11.7 Å². The molecule has 0 radical (unpaired) electrons. The lowest BCUT2D eigenvalue weighted by atomic mass is 10.0. The number of ether oxygens (including phenoxy) is 1. The minimum Gasteiger partial charge on any atom is -0.442 e. The fraction of sp³-hybridized carbons (Fsp3) is 0.455. The van der Waals surface area contributed by atoms with E-state index in [-0.39, 0.29) is 29.9 Å². The second-order valence-electron chi connectivity index (χ2n) is 8.35. The number of rotatable bonds is 7. The van der Waals surface area contributed by atoms with Crippen molar-refractivity contribution in [2.75, 3.05) is 6.73 Å². The zero-order valence-electron chi connectivity index (χ0n) is 18.6. The van der Waals surface area contributed by atoms with Crippen LogP contribution in [-0.4, -0.2) is 70.2 Å². The first-order chi connectivity index (χ1) is 15.5. The monoisotopic (exact) mass is 458 g/mol. The van der Waals surface area contributed by atoms with Gasteiger partial charge in [-0.15, -0.1) is 0 Å². The Bertz CT molecular complexity index is 985. The Morgan fingerprint density at radius 2 is 1.67 bits per heavy atom. The van der Waals surface area contributed by atoms with Crippen LogP contribution in [0.5, 0.6) is 0 Å². The lowest BCUT2D eigenvalue weighted by Crippen LogP contribution is -2.57. The van der Waals surface area contributed by atoms with E-state index in [0.717, 1.165) is 4.90 Å². The Hall–Kier alpha value is -3.60. The van der Waals surface area contributed by atoms with Crippen molar-refractivity contribution >= 4 is 35.5 Å². The number of benzene rings is 1. The number of carbonyl (C=O) groups is 6. The molecule has 2 aliphatic heterocycles. The molecule has 1 unspecified atom stereocenters. The van der Waals surface area contributed by atoms with E-state index in [0.29, 0.717) is 4.90 Å². The van der Waals surface area contributed by atoms with E-state index in [4.69, 9.17) is 10.5 Å². The number of carbonyl (C=O) groups excluding carboxylic acids is 6. The minimum atomic E-state index is -1.19. The van der Waals surface area contributed by atoms with Crippen molar-refractivity contribution in [1.82, 2.24) is 15.1 Å². The predicted octanol–water partition coefficient (Wildman–Crippen LogP) is -0.211. The van der Waals surface area contributed by atoms with Crippen LogP contribution < -0.4 is 11.1 Å². The number of fused-ring (bicyclic) bond motifs is 1. The number of hydrogen-bond acceptors (Lipinski definition) is 8. The van der Waals surface area contributed by atoms with Crippen LogP contribution in [0.3, 0.4) is 0 Å². The Morgan fingerprint density at radius 1 is 1.09 bits per heavy atom. The predicted molar refractivity (Wildman–Crippen MR) is 113 cm³/mol. The highest BCUT2D eigenvalue weighted by atomic mass is 16.5. The van der Waals surface area contributed by atoms with Gasteiger partial charge in [-0.1, -0.05) is 26.0 Å². The third-order valence-electron chi connectivity index (χ3n) is 5.59. The number of esters is 1. The SMILES string of the molecule is CC(N)C(=O)N[C@H](C(=O)OCN1C(=O)CC[C@H](N2C(=O)c3ccccc3C2=O)C1=O)C(C)C. The highest BCUT2D eigenvalue weighted by Gasteiger charge is 2.47. The van der Waals surface area contributed by atoms with Gasteiger partial charge in [-0.05, 0) is 31.4 Å². The van der Waals surface area contributed by atoms with Crippen LogP contribution in [0.25, 0.3) is 0 Å². The highest BCUT2D eigenvalue weighted by Crippen LogP contribution is 2.29. The molecule has 0 spiro atoms. The molecule has 1 saturated heterocycles. The van der Waals surface area contributed by atoms with Crippen molar-refractivity contribution in [3.05, 3.63) is 35.4 Å². The number of imide groups is 2. The Kier molecular flexibility index (Phi) is 6.92. The van der Waals surface area contributed by atoms with Gasteiger partial charge < -0.3 is 15.8 Å². The first kappa shape index (κ1) is 24.1. The number of likely N-dealkylation sites (tertiary alicyclic amines) is 1. The highest BCUT2D eigenvalue weighted by molar-refractivity contribution is 6.23. The zero-order valence-corrected chi connectivity index (χ0v) is 18.6. The van der Waals surface area contributed by atoms with E-state index in [1.807, 2.05) is 0 Å². The van der Waals surface area contributed by atoms with Crippen LogP contribution >= 0.6 is 0 Å². The van der Waals surface area contributed by atoms with Crippen LogP contribution in [0.15, 0.2) is 24.3 Å². The number of amides is 5. The zero-order chi connectivity index (χ0) is 24.4. The van der Waals surface area contributed by atoms with Crippen molar-refractivity contribution in [3.63, 3.8) is 0 Å². The molecule has 0 saturated carbocycles. The quantitative estimate of drug-likeness (QED) is 0.420. The molecule has 176 valence electrons. The average molecular weight is 458 g/mol. The molecule has 1 fully saturated rings. The maximum atomic E-state index is 13.0. The molecule has 5 amide bonds. The number of nitrogens with two attached hydrogens (primary N) is 1. The molecule has 3 atom stereocenters. The summed E-state index contributed by atoms with van der Waals surface area (Å²) in [5.41, 5.74) is 5.90. The summed E-state index contributed by atoms with van der Waals surface area (Å²) in [6.07, 6.45) is -0.136. The molecule has 0 bridgehead atoms. The molecule has 1 aromatic rings. The molecule has 1 aromatic carbocycles. The third-order valence-corrected chi connectivity index (χ3v) is 5.59. The number of nitrogens with zero attached hydrogens (tertiary/aromatic N) is 2. The summed E-state index contributed by atoms with van der Waals surface area (Å²) in [5.74, 6) is -4.38. The summed E-state index contributed by atoms with van der Waals surface area (Å²) in [4.78, 5) is 76.9. The molecule has 2 heterocycles. The standard InChI is InChI=1S/C22H26N4O7/c1-11(2)17(24-18(28)12(3)23)22(32)33-10-25-16(27)9-8-15(21(25)31)26-19(29)13-6-4-5-7-14(13)20(26)30/h4-7,11-12,15,17H,8-10,23H2,1-3H3,(H,24,28)/t12?,15-,17-/m0/s1.